The number of nitrogens with one attached hydrogen (secondary N) is 1. The lowest BCUT2D eigenvalue weighted by atomic mass is 10.2. The van der Waals surface area contributed by atoms with Crippen LogP contribution in [0.25, 0.3) is 0 Å². The number of anilines is 2. The Labute approximate surface area is 122 Å². The molecule has 102 valence electrons. The van der Waals surface area contributed by atoms with Gasteiger partial charge in [-0.05, 0) is 31.2 Å². The van der Waals surface area contributed by atoms with Gasteiger partial charge >= 0.3 is 6.03 Å². The highest BCUT2D eigenvalue weighted by Crippen LogP contribution is 2.32. The van der Waals surface area contributed by atoms with Gasteiger partial charge in [-0.1, -0.05) is 17.7 Å². The highest BCUT2D eigenvalue weighted by atomic mass is 32.2. The zero-order chi connectivity index (χ0) is 13.9. The van der Waals surface area contributed by atoms with Crippen LogP contribution >= 0.6 is 11.8 Å². The molecule has 3 rings (SSSR count). The predicted molar refractivity (Wildman–Crippen MR) is 82.5 cm³/mol. The summed E-state index contributed by atoms with van der Waals surface area (Å²) in [6.07, 6.45) is 1.76. The molecule has 1 N–H and O–H groups in total. The second kappa shape index (κ2) is 5.54. The second-order valence-corrected chi connectivity index (χ2v) is 5.71. The first kappa shape index (κ1) is 13.0. The molecule has 0 aliphatic carbocycles. The molecular weight excluding hydrogens is 270 g/mol. The number of carbonyl (C=O) groups excluding carboxylic acids is 1. The number of rotatable bonds is 1. The summed E-state index contributed by atoms with van der Waals surface area (Å²) in [6.45, 7) is 2.72. The molecule has 1 aromatic carbocycles. The Kier molecular flexibility index (Phi) is 3.60. The van der Waals surface area contributed by atoms with E-state index in [9.17, 15) is 4.79 Å². The van der Waals surface area contributed by atoms with Gasteiger partial charge in [0.15, 0.2) is 0 Å². The summed E-state index contributed by atoms with van der Waals surface area (Å²) in [7, 11) is 0. The van der Waals surface area contributed by atoms with Crippen molar-refractivity contribution in [2.75, 3.05) is 22.5 Å². The fourth-order valence-corrected chi connectivity index (χ4v) is 3.02. The van der Waals surface area contributed by atoms with E-state index in [1.54, 1.807) is 22.9 Å². The number of hydrogen-bond acceptors (Lipinski definition) is 3. The lowest BCUT2D eigenvalue weighted by Gasteiger charge is -2.28. The largest absolute Gasteiger partial charge is 0.326 e. The van der Waals surface area contributed by atoms with Crippen molar-refractivity contribution in [1.29, 1.82) is 0 Å². The van der Waals surface area contributed by atoms with Gasteiger partial charge in [0.05, 0.1) is 5.69 Å². The van der Waals surface area contributed by atoms with Gasteiger partial charge in [-0.15, -0.1) is 11.8 Å². The van der Waals surface area contributed by atoms with Crippen LogP contribution in [0.2, 0.25) is 0 Å². The number of aryl methyl sites for hydroxylation is 1. The average molecular weight is 285 g/mol. The zero-order valence-electron chi connectivity index (χ0n) is 11.2. The number of hydrogen-bond donors (Lipinski definition) is 1. The average Bonchev–Trinajstić information content (AvgIpc) is 2.49. The van der Waals surface area contributed by atoms with E-state index < -0.39 is 0 Å². The Morgan fingerprint density at radius 2 is 2.10 bits per heavy atom. The van der Waals surface area contributed by atoms with Gasteiger partial charge in [-0.2, -0.15) is 0 Å². The molecule has 4 nitrogen and oxygen atoms in total. The normalized spacial score (nSPS) is 13.8. The number of pyridine rings is 1. The smallest absolute Gasteiger partial charge is 0.308 e. The van der Waals surface area contributed by atoms with Gasteiger partial charge in [0, 0.05) is 24.2 Å². The number of carbonyl (C=O) groups is 1. The van der Waals surface area contributed by atoms with Gasteiger partial charge in [-0.3, -0.25) is 4.90 Å². The summed E-state index contributed by atoms with van der Waals surface area (Å²) in [5.41, 5.74) is 2.87. The van der Waals surface area contributed by atoms with E-state index in [1.807, 2.05) is 43.3 Å². The molecule has 20 heavy (non-hydrogen) atoms. The van der Waals surface area contributed by atoms with Crippen LogP contribution < -0.4 is 10.2 Å². The molecule has 0 saturated carbocycles. The molecular formula is C15H15N3OS. The lowest BCUT2D eigenvalue weighted by Crippen LogP contribution is -2.38. The molecule has 0 spiro atoms. The summed E-state index contributed by atoms with van der Waals surface area (Å²) in [5, 5.41) is 3.84. The van der Waals surface area contributed by atoms with Crippen LogP contribution in [0.1, 0.15) is 5.56 Å². The maximum absolute atomic E-state index is 12.4. The van der Waals surface area contributed by atoms with E-state index >= 15 is 0 Å². The van der Waals surface area contributed by atoms with Crippen LogP contribution in [0.5, 0.6) is 0 Å². The van der Waals surface area contributed by atoms with Crippen LogP contribution in [0, 0.1) is 6.92 Å². The minimum atomic E-state index is -0.108. The van der Waals surface area contributed by atoms with Gasteiger partial charge in [0.1, 0.15) is 5.03 Å². The van der Waals surface area contributed by atoms with Crippen molar-refractivity contribution in [2.24, 2.45) is 0 Å². The third kappa shape index (κ3) is 2.63. The number of amides is 2. The Hall–Kier alpha value is -2.01. The topological polar surface area (TPSA) is 45.2 Å². The SMILES string of the molecule is Cc1ccc(NC(=O)N2CCSc3ncccc32)cc1. The summed E-state index contributed by atoms with van der Waals surface area (Å²) in [6, 6.07) is 11.5. The van der Waals surface area contributed by atoms with Crippen molar-refractivity contribution < 1.29 is 4.79 Å². The summed E-state index contributed by atoms with van der Waals surface area (Å²) in [4.78, 5) is 18.5. The molecule has 2 amide bonds. The molecule has 0 atom stereocenters. The Morgan fingerprint density at radius 1 is 1.30 bits per heavy atom. The molecule has 1 aromatic heterocycles. The minimum absolute atomic E-state index is 0.108. The molecule has 1 aliphatic heterocycles. The maximum Gasteiger partial charge on any atom is 0.326 e. The molecule has 0 radical (unpaired) electrons. The van der Waals surface area contributed by atoms with E-state index in [1.165, 1.54) is 5.56 Å². The number of benzene rings is 1. The summed E-state index contributed by atoms with van der Waals surface area (Å²) >= 11 is 1.69. The Bertz CT molecular complexity index is 627. The third-order valence-corrected chi connectivity index (χ3v) is 4.12. The highest BCUT2D eigenvalue weighted by Gasteiger charge is 2.23. The van der Waals surface area contributed by atoms with Gasteiger partial charge < -0.3 is 5.32 Å². The molecule has 2 aromatic rings. The van der Waals surface area contributed by atoms with Gasteiger partial charge in [0.2, 0.25) is 0 Å². The quantitative estimate of drug-likeness (QED) is 0.871. The minimum Gasteiger partial charge on any atom is -0.308 e. The second-order valence-electron chi connectivity index (χ2n) is 4.62. The maximum atomic E-state index is 12.4. The number of thioether (sulfide) groups is 1. The first-order valence-electron chi connectivity index (χ1n) is 6.47. The molecule has 5 heteroatoms. The number of nitrogens with zero attached hydrogens (tertiary/aromatic N) is 2. The predicted octanol–water partition coefficient (Wildman–Crippen LogP) is 3.53. The summed E-state index contributed by atoms with van der Waals surface area (Å²) in [5.74, 6) is 0.866. The van der Waals surface area contributed by atoms with Crippen molar-refractivity contribution in [2.45, 2.75) is 11.9 Å². The first-order valence-corrected chi connectivity index (χ1v) is 7.45. The van der Waals surface area contributed by atoms with E-state index in [0.29, 0.717) is 6.54 Å². The summed E-state index contributed by atoms with van der Waals surface area (Å²) < 4.78 is 0. The monoisotopic (exact) mass is 285 g/mol. The van der Waals surface area contributed by atoms with Crippen molar-refractivity contribution in [3.05, 3.63) is 48.2 Å². The van der Waals surface area contributed by atoms with E-state index in [2.05, 4.69) is 10.3 Å². The third-order valence-electron chi connectivity index (χ3n) is 3.14. The van der Waals surface area contributed by atoms with Gasteiger partial charge in [0.25, 0.3) is 0 Å². The van der Waals surface area contributed by atoms with Crippen LogP contribution in [0.15, 0.2) is 47.6 Å². The molecule has 0 fully saturated rings. The van der Waals surface area contributed by atoms with Crippen molar-refractivity contribution in [3.8, 4) is 0 Å². The standard InChI is InChI=1S/C15H15N3OS/c1-11-4-6-12(7-5-11)17-15(19)18-9-10-20-14-13(18)3-2-8-16-14/h2-8H,9-10H2,1H3,(H,17,19). The van der Waals surface area contributed by atoms with Gasteiger partial charge in [-0.25, -0.2) is 9.78 Å². The van der Waals surface area contributed by atoms with E-state index in [4.69, 9.17) is 0 Å². The van der Waals surface area contributed by atoms with Crippen LogP contribution in [-0.2, 0) is 0 Å². The Morgan fingerprint density at radius 3 is 2.90 bits per heavy atom. The lowest BCUT2D eigenvalue weighted by molar-refractivity contribution is 0.257. The van der Waals surface area contributed by atoms with E-state index in [-0.39, 0.29) is 6.03 Å². The van der Waals surface area contributed by atoms with E-state index in [0.717, 1.165) is 22.2 Å². The molecule has 0 bridgehead atoms. The van der Waals surface area contributed by atoms with Crippen molar-refractivity contribution in [3.63, 3.8) is 0 Å². The number of fused-ring (bicyclic) bond motifs is 1. The molecule has 0 saturated heterocycles. The van der Waals surface area contributed by atoms with Crippen LogP contribution in [-0.4, -0.2) is 23.3 Å². The fourth-order valence-electron chi connectivity index (χ4n) is 2.09. The first-order chi connectivity index (χ1) is 9.74. The zero-order valence-corrected chi connectivity index (χ0v) is 12.0. The van der Waals surface area contributed by atoms with Crippen molar-refractivity contribution in [1.82, 2.24) is 4.98 Å². The number of urea groups is 1. The molecule has 0 unspecified atom stereocenters. The highest BCUT2D eigenvalue weighted by molar-refractivity contribution is 7.99. The fraction of sp³-hybridized carbons (Fsp3) is 0.200. The number of aromatic nitrogens is 1. The Balaban J connectivity index is 1.80. The van der Waals surface area contributed by atoms with Crippen LogP contribution in [0.3, 0.4) is 0 Å². The van der Waals surface area contributed by atoms with Crippen molar-refractivity contribution >= 4 is 29.2 Å². The molecule has 1 aliphatic rings. The molecule has 2 heterocycles. The van der Waals surface area contributed by atoms with Crippen LogP contribution in [0.4, 0.5) is 16.2 Å².